The van der Waals surface area contributed by atoms with E-state index in [1.807, 2.05) is 27.8 Å². The number of ether oxygens (including phenoxy) is 1. The summed E-state index contributed by atoms with van der Waals surface area (Å²) in [7, 11) is 1.83. The van der Waals surface area contributed by atoms with Gasteiger partial charge in [-0.3, -0.25) is 9.89 Å². The monoisotopic (exact) mass is 381 g/mol. The Labute approximate surface area is 164 Å². The molecule has 2 unspecified atom stereocenters. The second kappa shape index (κ2) is 10.2. The van der Waals surface area contributed by atoms with Crippen LogP contribution in [0.4, 0.5) is 4.79 Å². The lowest BCUT2D eigenvalue weighted by atomic mass is 10.1. The fraction of sp³-hybridized carbons (Fsp3) is 0.900. The molecule has 2 N–H and O–H groups in total. The van der Waals surface area contributed by atoms with E-state index in [2.05, 4.69) is 32.3 Å². The van der Waals surface area contributed by atoms with Gasteiger partial charge in [-0.05, 0) is 59.5 Å². The molecule has 27 heavy (non-hydrogen) atoms. The first-order valence-electron chi connectivity index (χ1n) is 10.5. The molecule has 2 atom stereocenters. The van der Waals surface area contributed by atoms with Gasteiger partial charge in [0.15, 0.2) is 5.96 Å². The molecule has 2 heterocycles. The zero-order valence-electron chi connectivity index (χ0n) is 17.9. The topological polar surface area (TPSA) is 69.2 Å². The second-order valence-corrected chi connectivity index (χ2v) is 8.69. The Balaban J connectivity index is 1.82. The molecule has 0 spiro atoms. The molecule has 1 amide bonds. The van der Waals surface area contributed by atoms with E-state index in [-0.39, 0.29) is 12.1 Å². The zero-order valence-corrected chi connectivity index (χ0v) is 17.9. The number of carbonyl (C=O) groups excluding carboxylic acids is 1. The van der Waals surface area contributed by atoms with Gasteiger partial charge < -0.3 is 20.3 Å². The van der Waals surface area contributed by atoms with E-state index in [0.29, 0.717) is 12.6 Å². The second-order valence-electron chi connectivity index (χ2n) is 8.69. The third-order valence-corrected chi connectivity index (χ3v) is 5.20. The van der Waals surface area contributed by atoms with Crippen LogP contribution in [0.3, 0.4) is 0 Å². The number of likely N-dealkylation sites (tertiary alicyclic amines) is 2. The highest BCUT2D eigenvalue weighted by Crippen LogP contribution is 2.20. The van der Waals surface area contributed by atoms with E-state index in [9.17, 15) is 4.79 Å². The van der Waals surface area contributed by atoms with Crippen molar-refractivity contribution in [3.63, 3.8) is 0 Å². The lowest BCUT2D eigenvalue weighted by Gasteiger charge is -2.27. The molecule has 7 heteroatoms. The number of guanidine groups is 1. The van der Waals surface area contributed by atoms with E-state index in [0.717, 1.165) is 31.9 Å². The average molecular weight is 382 g/mol. The van der Waals surface area contributed by atoms with Gasteiger partial charge in [-0.1, -0.05) is 13.3 Å². The highest BCUT2D eigenvalue weighted by atomic mass is 16.6. The summed E-state index contributed by atoms with van der Waals surface area (Å²) in [5.74, 6) is 0.934. The van der Waals surface area contributed by atoms with Gasteiger partial charge in [-0.25, -0.2) is 4.79 Å². The van der Waals surface area contributed by atoms with E-state index in [1.54, 1.807) is 0 Å². The number of aliphatic imine (C=N–C) groups is 1. The SMILES string of the molecule is CCCC(CNC(=NC)N1CCC(N2CCCC2)C1)NC(=O)OC(C)(C)C. The molecular weight excluding hydrogens is 342 g/mol. The number of hydrogen-bond acceptors (Lipinski definition) is 4. The fourth-order valence-corrected chi connectivity index (χ4v) is 3.93. The molecule has 0 aromatic rings. The number of nitrogens with zero attached hydrogens (tertiary/aromatic N) is 3. The van der Waals surface area contributed by atoms with E-state index >= 15 is 0 Å². The summed E-state index contributed by atoms with van der Waals surface area (Å²) in [4.78, 5) is 21.5. The Bertz CT molecular complexity index is 497. The Morgan fingerprint density at radius 3 is 2.56 bits per heavy atom. The first-order chi connectivity index (χ1) is 12.8. The van der Waals surface area contributed by atoms with Crippen LogP contribution in [0.15, 0.2) is 4.99 Å². The molecule has 0 aromatic carbocycles. The molecule has 2 aliphatic rings. The molecular formula is C20H39N5O2. The average Bonchev–Trinajstić information content (AvgIpc) is 3.25. The zero-order chi connectivity index (χ0) is 19.9. The van der Waals surface area contributed by atoms with Crippen molar-refractivity contribution in [1.29, 1.82) is 0 Å². The molecule has 0 aromatic heterocycles. The van der Waals surface area contributed by atoms with Gasteiger partial charge in [-0.15, -0.1) is 0 Å². The lowest BCUT2D eigenvalue weighted by molar-refractivity contribution is 0.0502. The molecule has 0 radical (unpaired) electrons. The third kappa shape index (κ3) is 7.20. The van der Waals surface area contributed by atoms with Crippen molar-refractivity contribution >= 4 is 12.1 Å². The Morgan fingerprint density at radius 1 is 1.26 bits per heavy atom. The standard InChI is InChI=1S/C20H39N5O2/c1-6-9-16(23-19(26)27-20(2,3)4)14-22-18(21-5)25-13-10-17(15-25)24-11-7-8-12-24/h16-17H,6-15H2,1-5H3,(H,21,22)(H,23,26). The third-order valence-electron chi connectivity index (χ3n) is 5.20. The van der Waals surface area contributed by atoms with Crippen molar-refractivity contribution < 1.29 is 9.53 Å². The van der Waals surface area contributed by atoms with Crippen LogP contribution in [0.25, 0.3) is 0 Å². The number of alkyl carbamates (subject to hydrolysis) is 1. The predicted molar refractivity (Wildman–Crippen MR) is 110 cm³/mol. The number of hydrogen-bond donors (Lipinski definition) is 2. The van der Waals surface area contributed by atoms with Gasteiger partial charge in [0.25, 0.3) is 0 Å². The maximum atomic E-state index is 12.1. The first-order valence-corrected chi connectivity index (χ1v) is 10.5. The van der Waals surface area contributed by atoms with Crippen molar-refractivity contribution in [3.8, 4) is 0 Å². The predicted octanol–water partition coefficient (Wildman–Crippen LogP) is 2.43. The molecule has 0 bridgehead atoms. The smallest absolute Gasteiger partial charge is 0.407 e. The van der Waals surface area contributed by atoms with E-state index in [1.165, 1.54) is 32.4 Å². The molecule has 2 aliphatic heterocycles. The van der Waals surface area contributed by atoms with Gasteiger partial charge in [-0.2, -0.15) is 0 Å². The summed E-state index contributed by atoms with van der Waals surface area (Å²) in [6, 6.07) is 0.677. The summed E-state index contributed by atoms with van der Waals surface area (Å²) >= 11 is 0. The number of amides is 1. The highest BCUT2D eigenvalue weighted by Gasteiger charge is 2.30. The summed E-state index contributed by atoms with van der Waals surface area (Å²) < 4.78 is 5.39. The molecule has 2 fully saturated rings. The number of rotatable bonds is 6. The summed E-state index contributed by atoms with van der Waals surface area (Å²) in [5.41, 5.74) is -0.482. The highest BCUT2D eigenvalue weighted by molar-refractivity contribution is 5.80. The maximum Gasteiger partial charge on any atom is 0.407 e. The van der Waals surface area contributed by atoms with Crippen LogP contribution in [0, 0.1) is 0 Å². The van der Waals surface area contributed by atoms with Crippen molar-refractivity contribution in [2.45, 2.75) is 77.5 Å². The molecule has 2 saturated heterocycles. The minimum Gasteiger partial charge on any atom is -0.444 e. The van der Waals surface area contributed by atoms with Crippen molar-refractivity contribution in [3.05, 3.63) is 0 Å². The van der Waals surface area contributed by atoms with E-state index < -0.39 is 5.60 Å². The van der Waals surface area contributed by atoms with Crippen molar-refractivity contribution in [2.75, 3.05) is 39.8 Å². The summed E-state index contributed by atoms with van der Waals surface area (Å²) in [6.07, 6.45) is 5.42. The largest absolute Gasteiger partial charge is 0.444 e. The fourth-order valence-electron chi connectivity index (χ4n) is 3.93. The minimum atomic E-state index is -0.482. The molecule has 0 aliphatic carbocycles. The van der Waals surface area contributed by atoms with Crippen LogP contribution in [0.1, 0.15) is 59.8 Å². The lowest BCUT2D eigenvalue weighted by Crippen LogP contribution is -2.49. The Hall–Kier alpha value is -1.50. The minimum absolute atomic E-state index is 0.0265. The van der Waals surface area contributed by atoms with Crippen molar-refractivity contribution in [2.24, 2.45) is 4.99 Å². The van der Waals surface area contributed by atoms with Crippen LogP contribution in [-0.4, -0.2) is 79.3 Å². The maximum absolute atomic E-state index is 12.1. The van der Waals surface area contributed by atoms with Gasteiger partial charge in [0.05, 0.1) is 0 Å². The Kier molecular flexibility index (Phi) is 8.20. The number of nitrogens with one attached hydrogen (secondary N) is 2. The van der Waals surface area contributed by atoms with Crippen molar-refractivity contribution in [1.82, 2.24) is 20.4 Å². The van der Waals surface area contributed by atoms with Crippen LogP contribution in [0.5, 0.6) is 0 Å². The Morgan fingerprint density at radius 2 is 1.96 bits per heavy atom. The number of carbonyl (C=O) groups is 1. The van der Waals surface area contributed by atoms with Crippen LogP contribution in [-0.2, 0) is 4.74 Å². The molecule has 0 saturated carbocycles. The van der Waals surface area contributed by atoms with Gasteiger partial charge in [0, 0.05) is 38.8 Å². The van der Waals surface area contributed by atoms with Crippen LogP contribution in [0.2, 0.25) is 0 Å². The molecule has 156 valence electrons. The quantitative estimate of drug-likeness (QED) is 0.546. The van der Waals surface area contributed by atoms with Gasteiger partial charge >= 0.3 is 6.09 Å². The normalized spacial score (nSPS) is 22.8. The van der Waals surface area contributed by atoms with Crippen LogP contribution < -0.4 is 10.6 Å². The van der Waals surface area contributed by atoms with Gasteiger partial charge in [0.2, 0.25) is 0 Å². The molecule has 2 rings (SSSR count). The summed E-state index contributed by atoms with van der Waals surface area (Å²) in [6.45, 7) is 13.0. The van der Waals surface area contributed by atoms with E-state index in [4.69, 9.17) is 4.74 Å². The first kappa shape index (κ1) is 21.8. The summed E-state index contributed by atoms with van der Waals surface area (Å²) in [5, 5.41) is 6.46. The molecule has 7 nitrogen and oxygen atoms in total. The van der Waals surface area contributed by atoms with Crippen LogP contribution >= 0.6 is 0 Å². The van der Waals surface area contributed by atoms with Gasteiger partial charge in [0.1, 0.15) is 5.60 Å².